The van der Waals surface area contributed by atoms with Crippen LogP contribution in [0.15, 0.2) is 24.3 Å². The number of hydrogen-bond donors (Lipinski definition) is 1. The lowest BCUT2D eigenvalue weighted by molar-refractivity contribution is -0.147. The molecule has 0 unspecified atom stereocenters. The molecule has 0 bridgehead atoms. The van der Waals surface area contributed by atoms with Crippen LogP contribution in [0.5, 0.6) is 0 Å². The Bertz CT molecular complexity index is 469. The van der Waals surface area contributed by atoms with E-state index in [1.807, 2.05) is 25.1 Å². The molecular formula is C13H15NO3. The topological polar surface area (TPSA) is 55.4 Å². The van der Waals surface area contributed by atoms with Crippen molar-refractivity contribution in [1.82, 2.24) is 0 Å². The number of benzene rings is 1. The van der Waals surface area contributed by atoms with Gasteiger partial charge in [0.2, 0.25) is 5.91 Å². The number of anilines is 1. The fourth-order valence-electron chi connectivity index (χ4n) is 2.22. The maximum Gasteiger partial charge on any atom is 0.316 e. The number of ether oxygens (including phenoxy) is 1. The molecule has 4 heteroatoms. The third-order valence-corrected chi connectivity index (χ3v) is 3.28. The highest BCUT2D eigenvalue weighted by atomic mass is 16.5. The van der Waals surface area contributed by atoms with Crippen molar-refractivity contribution in [2.24, 2.45) is 0 Å². The quantitative estimate of drug-likeness (QED) is 0.753. The van der Waals surface area contributed by atoms with Crippen LogP contribution in [-0.2, 0) is 19.7 Å². The van der Waals surface area contributed by atoms with E-state index in [0.29, 0.717) is 18.5 Å². The summed E-state index contributed by atoms with van der Waals surface area (Å²) in [5.41, 5.74) is 0.755. The number of hydrogen-bond acceptors (Lipinski definition) is 3. The smallest absolute Gasteiger partial charge is 0.316 e. The van der Waals surface area contributed by atoms with Gasteiger partial charge in [0, 0.05) is 12.1 Å². The Labute approximate surface area is 100.0 Å². The highest BCUT2D eigenvalue weighted by molar-refractivity contribution is 5.96. The molecule has 0 spiro atoms. The summed E-state index contributed by atoms with van der Waals surface area (Å²) in [7, 11) is 1.37. The zero-order valence-electron chi connectivity index (χ0n) is 9.95. The van der Waals surface area contributed by atoms with Gasteiger partial charge in [0.1, 0.15) is 0 Å². The molecule has 0 saturated carbocycles. The lowest BCUT2D eigenvalue weighted by atomic mass is 9.78. The van der Waals surface area contributed by atoms with Crippen molar-refractivity contribution in [1.29, 1.82) is 0 Å². The van der Waals surface area contributed by atoms with E-state index in [-0.39, 0.29) is 11.9 Å². The molecule has 0 radical (unpaired) electrons. The zero-order valence-corrected chi connectivity index (χ0v) is 9.95. The number of carbonyl (C=O) groups excluding carboxylic acids is 2. The first-order chi connectivity index (χ1) is 8.08. The van der Waals surface area contributed by atoms with E-state index in [1.54, 1.807) is 6.07 Å². The Balaban J connectivity index is 2.55. The molecule has 1 N–H and O–H groups in total. The molecule has 0 fully saturated rings. The number of carbonyl (C=O) groups is 2. The van der Waals surface area contributed by atoms with Crippen LogP contribution in [0.4, 0.5) is 5.69 Å². The van der Waals surface area contributed by atoms with E-state index in [4.69, 9.17) is 4.74 Å². The van der Waals surface area contributed by atoms with Crippen LogP contribution in [0.3, 0.4) is 0 Å². The van der Waals surface area contributed by atoms with Crippen LogP contribution >= 0.6 is 0 Å². The minimum atomic E-state index is -0.759. The van der Waals surface area contributed by atoms with Crippen LogP contribution in [0.1, 0.15) is 25.3 Å². The van der Waals surface area contributed by atoms with Crippen LogP contribution in [0.25, 0.3) is 0 Å². The van der Waals surface area contributed by atoms with Crippen molar-refractivity contribution < 1.29 is 14.3 Å². The maximum atomic E-state index is 11.9. The average molecular weight is 233 g/mol. The largest absolute Gasteiger partial charge is 0.468 e. The highest BCUT2D eigenvalue weighted by Crippen LogP contribution is 2.37. The molecule has 4 nitrogen and oxygen atoms in total. The van der Waals surface area contributed by atoms with Crippen molar-refractivity contribution in [3.8, 4) is 0 Å². The normalized spacial score (nSPS) is 23.3. The van der Waals surface area contributed by atoms with E-state index in [0.717, 1.165) is 5.56 Å². The summed E-state index contributed by atoms with van der Waals surface area (Å²) in [6.45, 7) is 1.82. The third kappa shape index (κ3) is 1.90. The van der Waals surface area contributed by atoms with Gasteiger partial charge in [-0.3, -0.25) is 9.59 Å². The molecule has 0 aromatic heterocycles. The van der Waals surface area contributed by atoms with Gasteiger partial charge in [-0.05, 0) is 25.0 Å². The van der Waals surface area contributed by atoms with E-state index in [1.165, 1.54) is 7.11 Å². The van der Waals surface area contributed by atoms with Gasteiger partial charge in [0.15, 0.2) is 0 Å². The number of rotatable bonds is 1. The van der Waals surface area contributed by atoms with E-state index >= 15 is 0 Å². The van der Waals surface area contributed by atoms with E-state index in [2.05, 4.69) is 5.32 Å². The predicted octanol–water partition coefficient (Wildman–Crippen LogP) is 1.85. The molecular weight excluding hydrogens is 218 g/mol. The van der Waals surface area contributed by atoms with Crippen molar-refractivity contribution in [2.45, 2.75) is 25.2 Å². The van der Waals surface area contributed by atoms with Gasteiger partial charge in [0.25, 0.3) is 0 Å². The molecule has 1 amide bonds. The number of para-hydroxylation sites is 1. The van der Waals surface area contributed by atoms with Gasteiger partial charge in [-0.15, -0.1) is 0 Å². The van der Waals surface area contributed by atoms with Crippen molar-refractivity contribution in [2.75, 3.05) is 12.4 Å². The summed E-state index contributed by atoms with van der Waals surface area (Å²) in [6.07, 6.45) is 0.781. The summed E-state index contributed by atoms with van der Waals surface area (Å²) in [5.74, 6) is -0.369. The standard InChI is InChI=1S/C13H15NO3/c1-13(12(16)17-2)8-7-11(15)14-10-6-4-3-5-9(10)13/h3-6H,7-8H2,1-2H3,(H,14,15)/t13-/m0/s1. The number of amides is 1. The second-order valence-corrected chi connectivity index (χ2v) is 4.42. The maximum absolute atomic E-state index is 11.9. The molecule has 1 heterocycles. The lowest BCUT2D eigenvalue weighted by Crippen LogP contribution is -2.33. The molecule has 1 aromatic rings. The lowest BCUT2D eigenvalue weighted by Gasteiger charge is -2.26. The number of esters is 1. The summed E-state index contributed by atoms with van der Waals surface area (Å²) >= 11 is 0. The van der Waals surface area contributed by atoms with Crippen LogP contribution in [0.2, 0.25) is 0 Å². The monoisotopic (exact) mass is 233 g/mol. The molecule has 2 rings (SSSR count). The van der Waals surface area contributed by atoms with Crippen molar-refractivity contribution in [3.05, 3.63) is 29.8 Å². The molecule has 17 heavy (non-hydrogen) atoms. The van der Waals surface area contributed by atoms with Crippen LogP contribution in [-0.4, -0.2) is 19.0 Å². The average Bonchev–Trinajstić information content (AvgIpc) is 2.47. The predicted molar refractivity (Wildman–Crippen MR) is 63.7 cm³/mol. The summed E-state index contributed by atoms with van der Waals surface area (Å²) in [6, 6.07) is 7.36. The van der Waals surface area contributed by atoms with Gasteiger partial charge >= 0.3 is 5.97 Å². The van der Waals surface area contributed by atoms with Gasteiger partial charge in [-0.1, -0.05) is 18.2 Å². The first-order valence-corrected chi connectivity index (χ1v) is 5.56. The number of methoxy groups -OCH3 is 1. The van der Waals surface area contributed by atoms with Crippen LogP contribution < -0.4 is 5.32 Å². The first-order valence-electron chi connectivity index (χ1n) is 5.56. The molecule has 0 saturated heterocycles. The number of nitrogens with one attached hydrogen (secondary N) is 1. The van der Waals surface area contributed by atoms with Crippen molar-refractivity contribution >= 4 is 17.6 Å². The Kier molecular flexibility index (Phi) is 2.88. The highest BCUT2D eigenvalue weighted by Gasteiger charge is 2.40. The molecule has 90 valence electrons. The van der Waals surface area contributed by atoms with Gasteiger partial charge < -0.3 is 10.1 Å². The Morgan fingerprint density at radius 1 is 1.41 bits per heavy atom. The van der Waals surface area contributed by atoms with Crippen LogP contribution in [0, 0.1) is 0 Å². The minimum Gasteiger partial charge on any atom is -0.468 e. The van der Waals surface area contributed by atoms with Gasteiger partial charge in [-0.2, -0.15) is 0 Å². The molecule has 1 aliphatic heterocycles. The third-order valence-electron chi connectivity index (χ3n) is 3.28. The Hall–Kier alpha value is -1.84. The van der Waals surface area contributed by atoms with Gasteiger partial charge in [-0.25, -0.2) is 0 Å². The summed E-state index contributed by atoms with van der Waals surface area (Å²) in [5, 5.41) is 2.81. The zero-order chi connectivity index (χ0) is 12.5. The second kappa shape index (κ2) is 4.20. The fraction of sp³-hybridized carbons (Fsp3) is 0.385. The molecule has 1 aromatic carbocycles. The minimum absolute atomic E-state index is 0.0647. The van der Waals surface area contributed by atoms with Gasteiger partial charge in [0.05, 0.1) is 12.5 Å². The fourth-order valence-corrected chi connectivity index (χ4v) is 2.22. The van der Waals surface area contributed by atoms with E-state index < -0.39 is 5.41 Å². The second-order valence-electron chi connectivity index (χ2n) is 4.42. The molecule has 1 aliphatic rings. The molecule has 1 atom stereocenters. The molecule has 0 aliphatic carbocycles. The summed E-state index contributed by atoms with van der Waals surface area (Å²) in [4.78, 5) is 23.5. The SMILES string of the molecule is COC(=O)[C@@]1(C)CCC(=O)Nc2ccccc21. The first kappa shape index (κ1) is 11.6. The number of fused-ring (bicyclic) bond motifs is 1. The van der Waals surface area contributed by atoms with E-state index in [9.17, 15) is 9.59 Å². The van der Waals surface area contributed by atoms with Crippen molar-refractivity contribution in [3.63, 3.8) is 0 Å². The summed E-state index contributed by atoms with van der Waals surface area (Å²) < 4.78 is 4.86. The Morgan fingerprint density at radius 3 is 2.82 bits per heavy atom. The Morgan fingerprint density at radius 2 is 2.12 bits per heavy atom.